The number of benzene rings is 1. The Morgan fingerprint density at radius 1 is 0.947 bits per heavy atom. The van der Waals surface area contributed by atoms with E-state index < -0.39 is 0 Å². The zero-order chi connectivity index (χ0) is 13.1. The number of hydrogen-bond acceptors (Lipinski definition) is 6. The van der Waals surface area contributed by atoms with Crippen LogP contribution in [0.2, 0.25) is 0 Å². The van der Waals surface area contributed by atoms with Crippen LogP contribution < -0.4 is 4.74 Å². The van der Waals surface area contributed by atoms with Crippen LogP contribution in [0.5, 0.6) is 5.88 Å². The van der Waals surface area contributed by atoms with Gasteiger partial charge in [0.25, 0.3) is 5.88 Å². The molecule has 5 nitrogen and oxygen atoms in total. The lowest BCUT2D eigenvalue weighted by Gasteiger charge is -2.05. The molecule has 0 N–H and O–H groups in total. The van der Waals surface area contributed by atoms with Gasteiger partial charge < -0.3 is 4.74 Å². The second kappa shape index (κ2) is 5.19. The molecule has 1 aromatic carbocycles. The SMILES string of the molecule is COc1nnc(Sc2ccccc2)c2nccnc12. The van der Waals surface area contributed by atoms with Crippen molar-refractivity contribution < 1.29 is 4.74 Å². The molecule has 3 rings (SSSR count). The Balaban J connectivity index is 2.10. The van der Waals surface area contributed by atoms with Crippen molar-refractivity contribution in [3.8, 4) is 5.88 Å². The van der Waals surface area contributed by atoms with Crippen LogP contribution in [0.1, 0.15) is 0 Å². The molecule has 0 unspecified atom stereocenters. The van der Waals surface area contributed by atoms with Crippen molar-refractivity contribution in [2.24, 2.45) is 0 Å². The Bertz CT molecular complexity index is 705. The summed E-state index contributed by atoms with van der Waals surface area (Å²) in [6.07, 6.45) is 3.25. The first-order valence-corrected chi connectivity index (χ1v) is 6.44. The zero-order valence-electron chi connectivity index (χ0n) is 10.1. The number of hydrogen-bond donors (Lipinski definition) is 0. The fourth-order valence-electron chi connectivity index (χ4n) is 1.64. The molecule has 3 aromatic rings. The molecule has 0 aliphatic heterocycles. The van der Waals surface area contributed by atoms with Gasteiger partial charge in [-0.2, -0.15) is 0 Å². The molecule has 0 radical (unpaired) electrons. The van der Waals surface area contributed by atoms with Gasteiger partial charge in [-0.05, 0) is 12.1 Å². The van der Waals surface area contributed by atoms with Gasteiger partial charge in [0.2, 0.25) is 0 Å². The van der Waals surface area contributed by atoms with Crippen LogP contribution in [0.3, 0.4) is 0 Å². The van der Waals surface area contributed by atoms with Crippen LogP contribution in [0, 0.1) is 0 Å². The van der Waals surface area contributed by atoms with E-state index in [0.717, 1.165) is 9.92 Å². The van der Waals surface area contributed by atoms with Gasteiger partial charge >= 0.3 is 0 Å². The van der Waals surface area contributed by atoms with Crippen molar-refractivity contribution >= 4 is 22.8 Å². The summed E-state index contributed by atoms with van der Waals surface area (Å²) in [5.74, 6) is 0.389. The van der Waals surface area contributed by atoms with Crippen LogP contribution in [-0.4, -0.2) is 27.3 Å². The highest BCUT2D eigenvalue weighted by molar-refractivity contribution is 7.99. The maximum absolute atomic E-state index is 5.15. The minimum absolute atomic E-state index is 0.389. The summed E-state index contributed by atoms with van der Waals surface area (Å²) in [5, 5.41) is 8.90. The van der Waals surface area contributed by atoms with Gasteiger partial charge in [-0.25, -0.2) is 9.97 Å². The zero-order valence-corrected chi connectivity index (χ0v) is 11.0. The van der Waals surface area contributed by atoms with Crippen molar-refractivity contribution in [2.45, 2.75) is 9.92 Å². The summed E-state index contributed by atoms with van der Waals surface area (Å²) < 4.78 is 5.15. The van der Waals surface area contributed by atoms with Crippen LogP contribution in [0.4, 0.5) is 0 Å². The van der Waals surface area contributed by atoms with Crippen molar-refractivity contribution in [1.29, 1.82) is 0 Å². The van der Waals surface area contributed by atoms with Crippen molar-refractivity contribution in [1.82, 2.24) is 20.2 Å². The molecule has 2 aromatic heterocycles. The molecule has 0 spiro atoms. The average Bonchev–Trinajstić information content (AvgIpc) is 2.49. The van der Waals surface area contributed by atoms with E-state index in [1.165, 1.54) is 11.8 Å². The second-order valence-corrected chi connectivity index (χ2v) is 4.75. The topological polar surface area (TPSA) is 60.8 Å². The van der Waals surface area contributed by atoms with Crippen LogP contribution in [-0.2, 0) is 0 Å². The van der Waals surface area contributed by atoms with E-state index in [0.29, 0.717) is 16.9 Å². The Morgan fingerprint density at radius 3 is 2.42 bits per heavy atom. The summed E-state index contributed by atoms with van der Waals surface area (Å²) >= 11 is 1.50. The lowest BCUT2D eigenvalue weighted by molar-refractivity contribution is 0.395. The lowest BCUT2D eigenvalue weighted by atomic mass is 10.4. The van der Waals surface area contributed by atoms with Crippen LogP contribution in [0.25, 0.3) is 11.0 Å². The minimum atomic E-state index is 0.389. The molecule has 0 aliphatic carbocycles. The Kier molecular flexibility index (Phi) is 3.24. The number of nitrogens with zero attached hydrogens (tertiary/aromatic N) is 4. The molecule has 0 saturated heterocycles. The first kappa shape index (κ1) is 11.9. The molecule has 0 aliphatic rings. The molecule has 19 heavy (non-hydrogen) atoms. The van der Waals surface area contributed by atoms with Crippen molar-refractivity contribution in [2.75, 3.05) is 7.11 Å². The number of fused-ring (bicyclic) bond motifs is 1. The first-order valence-electron chi connectivity index (χ1n) is 5.63. The standard InChI is InChI=1S/C13H10N4OS/c1-18-12-10-11(15-8-7-14-10)13(17-16-12)19-9-5-3-2-4-6-9/h2-8H,1H3. The first-order chi connectivity index (χ1) is 9.38. The third kappa shape index (κ3) is 2.34. The lowest BCUT2D eigenvalue weighted by Crippen LogP contribution is -1.97. The van der Waals surface area contributed by atoms with Gasteiger partial charge in [0, 0.05) is 17.3 Å². The summed E-state index contributed by atoms with van der Waals surface area (Å²) in [6, 6.07) is 9.96. The molecule has 0 saturated carbocycles. The maximum atomic E-state index is 5.15. The molecular weight excluding hydrogens is 260 g/mol. The van der Waals surface area contributed by atoms with Crippen molar-refractivity contribution in [3.05, 3.63) is 42.7 Å². The summed E-state index contributed by atoms with van der Waals surface area (Å²) in [4.78, 5) is 9.65. The van der Waals surface area contributed by atoms with E-state index in [9.17, 15) is 0 Å². The fourth-order valence-corrected chi connectivity index (χ4v) is 2.49. The van der Waals surface area contributed by atoms with Gasteiger partial charge in [-0.1, -0.05) is 30.0 Å². The Hall–Kier alpha value is -2.21. The molecule has 6 heteroatoms. The van der Waals surface area contributed by atoms with E-state index in [4.69, 9.17) is 4.74 Å². The molecule has 0 fully saturated rings. The second-order valence-electron chi connectivity index (χ2n) is 3.68. The summed E-state index contributed by atoms with van der Waals surface area (Å²) in [5.41, 5.74) is 1.32. The van der Waals surface area contributed by atoms with Gasteiger partial charge in [0.1, 0.15) is 5.52 Å². The summed E-state index contributed by atoms with van der Waals surface area (Å²) in [6.45, 7) is 0. The highest BCUT2D eigenvalue weighted by Gasteiger charge is 2.12. The number of aromatic nitrogens is 4. The van der Waals surface area contributed by atoms with E-state index in [1.54, 1.807) is 19.5 Å². The van der Waals surface area contributed by atoms with Gasteiger partial charge in [0.15, 0.2) is 10.5 Å². The van der Waals surface area contributed by atoms with Gasteiger partial charge in [-0.15, -0.1) is 10.2 Å². The largest absolute Gasteiger partial charge is 0.478 e. The smallest absolute Gasteiger partial charge is 0.261 e. The highest BCUT2D eigenvalue weighted by atomic mass is 32.2. The number of ether oxygens (including phenoxy) is 1. The predicted molar refractivity (Wildman–Crippen MR) is 72.2 cm³/mol. The third-order valence-electron chi connectivity index (χ3n) is 2.49. The Morgan fingerprint density at radius 2 is 1.68 bits per heavy atom. The molecule has 94 valence electrons. The Labute approximate surface area is 114 Å². The number of rotatable bonds is 3. The highest BCUT2D eigenvalue weighted by Crippen LogP contribution is 2.31. The summed E-state index contributed by atoms with van der Waals surface area (Å²) in [7, 11) is 1.54. The molecule has 0 bridgehead atoms. The van der Waals surface area contributed by atoms with Gasteiger partial charge in [-0.3, -0.25) is 0 Å². The van der Waals surface area contributed by atoms with Crippen LogP contribution >= 0.6 is 11.8 Å². The quantitative estimate of drug-likeness (QED) is 0.729. The molecular formula is C13H10N4OS. The average molecular weight is 270 g/mol. The molecule has 0 atom stereocenters. The third-order valence-corrected chi connectivity index (χ3v) is 3.46. The monoisotopic (exact) mass is 270 g/mol. The van der Waals surface area contributed by atoms with E-state index >= 15 is 0 Å². The number of methoxy groups -OCH3 is 1. The fraction of sp³-hybridized carbons (Fsp3) is 0.0769. The van der Waals surface area contributed by atoms with E-state index in [1.807, 2.05) is 30.3 Å². The normalized spacial score (nSPS) is 10.6. The van der Waals surface area contributed by atoms with E-state index in [2.05, 4.69) is 20.2 Å². The van der Waals surface area contributed by atoms with Crippen molar-refractivity contribution in [3.63, 3.8) is 0 Å². The molecule has 0 amide bonds. The minimum Gasteiger partial charge on any atom is -0.478 e. The predicted octanol–water partition coefficient (Wildman–Crippen LogP) is 2.58. The maximum Gasteiger partial charge on any atom is 0.261 e. The molecule has 2 heterocycles. The van der Waals surface area contributed by atoms with Crippen LogP contribution in [0.15, 0.2) is 52.6 Å². The van der Waals surface area contributed by atoms with Gasteiger partial charge in [0.05, 0.1) is 7.11 Å². The van der Waals surface area contributed by atoms with E-state index in [-0.39, 0.29) is 0 Å².